The summed E-state index contributed by atoms with van der Waals surface area (Å²) in [6.45, 7) is 7.43. The molecule has 3 atom stereocenters. The Morgan fingerprint density at radius 3 is 2.55 bits per heavy atom. The topological polar surface area (TPSA) is 122 Å². The Labute approximate surface area is 170 Å². The molecule has 0 bridgehead atoms. The van der Waals surface area contributed by atoms with E-state index < -0.39 is 17.0 Å². The van der Waals surface area contributed by atoms with Gasteiger partial charge in [0.05, 0.1) is 4.92 Å². The van der Waals surface area contributed by atoms with E-state index >= 15 is 0 Å². The number of nitro groups is 1. The first-order chi connectivity index (χ1) is 13.6. The van der Waals surface area contributed by atoms with E-state index in [1.165, 1.54) is 23.1 Å². The lowest BCUT2D eigenvalue weighted by atomic mass is 10.1. The second-order valence-electron chi connectivity index (χ2n) is 7.46. The van der Waals surface area contributed by atoms with Gasteiger partial charge in [-0.25, -0.2) is 0 Å². The molecule has 1 aromatic rings. The Kier molecular flexibility index (Phi) is 7.30. The lowest BCUT2D eigenvalue weighted by Gasteiger charge is -2.26. The molecule has 158 valence electrons. The highest BCUT2D eigenvalue weighted by Crippen LogP contribution is 2.24. The summed E-state index contributed by atoms with van der Waals surface area (Å²) in [5.74, 6) is -0.992. The van der Waals surface area contributed by atoms with Gasteiger partial charge in [-0.05, 0) is 52.2 Å². The molecule has 2 N–H and O–H groups in total. The van der Waals surface area contributed by atoms with Gasteiger partial charge in [-0.15, -0.1) is 0 Å². The van der Waals surface area contributed by atoms with Gasteiger partial charge in [-0.2, -0.15) is 0 Å². The Morgan fingerprint density at radius 1 is 1.28 bits per heavy atom. The zero-order valence-corrected chi connectivity index (χ0v) is 17.2. The molecule has 0 radical (unpaired) electrons. The summed E-state index contributed by atoms with van der Waals surface area (Å²) in [5.41, 5.74) is 0.630. The molecule has 1 heterocycles. The minimum absolute atomic E-state index is 0.0109. The Hall–Kier alpha value is -2.97. The monoisotopic (exact) mass is 404 g/mol. The van der Waals surface area contributed by atoms with Crippen LogP contribution in [0.25, 0.3) is 0 Å². The number of benzene rings is 1. The lowest BCUT2D eigenvalue weighted by Crippen LogP contribution is -2.53. The summed E-state index contributed by atoms with van der Waals surface area (Å²) in [7, 11) is 0. The number of nitrogens with one attached hydrogen (secondary N) is 2. The SMILES string of the molecule is CCC(C)NC(=O)C(C)NC(=O)C1CCCN1C(=O)c1ccc([N+](=O)[O-])c(C)c1. The van der Waals surface area contributed by atoms with Crippen molar-refractivity contribution in [3.63, 3.8) is 0 Å². The first-order valence-corrected chi connectivity index (χ1v) is 9.82. The molecule has 1 aliphatic heterocycles. The van der Waals surface area contributed by atoms with Gasteiger partial charge in [0.15, 0.2) is 0 Å². The smallest absolute Gasteiger partial charge is 0.272 e. The van der Waals surface area contributed by atoms with E-state index in [0.717, 1.165) is 6.42 Å². The summed E-state index contributed by atoms with van der Waals surface area (Å²) in [5, 5.41) is 16.5. The average Bonchev–Trinajstić information content (AvgIpc) is 3.16. The minimum atomic E-state index is -0.712. The largest absolute Gasteiger partial charge is 0.352 e. The Morgan fingerprint density at radius 2 is 1.97 bits per heavy atom. The van der Waals surface area contributed by atoms with Crippen molar-refractivity contribution >= 4 is 23.4 Å². The number of hydrogen-bond donors (Lipinski definition) is 2. The van der Waals surface area contributed by atoms with Crippen LogP contribution in [0.5, 0.6) is 0 Å². The van der Waals surface area contributed by atoms with E-state index in [9.17, 15) is 24.5 Å². The van der Waals surface area contributed by atoms with Crippen molar-refractivity contribution in [1.82, 2.24) is 15.5 Å². The highest BCUT2D eigenvalue weighted by molar-refractivity contribution is 5.99. The van der Waals surface area contributed by atoms with E-state index in [4.69, 9.17) is 0 Å². The minimum Gasteiger partial charge on any atom is -0.352 e. The Bertz CT molecular complexity index is 810. The summed E-state index contributed by atoms with van der Waals surface area (Å²) in [4.78, 5) is 49.7. The fourth-order valence-electron chi connectivity index (χ4n) is 3.29. The Balaban J connectivity index is 2.08. The van der Waals surface area contributed by atoms with Gasteiger partial charge in [-0.3, -0.25) is 24.5 Å². The maximum atomic E-state index is 12.9. The third-order valence-electron chi connectivity index (χ3n) is 5.21. The first-order valence-electron chi connectivity index (χ1n) is 9.82. The number of rotatable bonds is 7. The van der Waals surface area contributed by atoms with Gasteiger partial charge in [0.2, 0.25) is 11.8 Å². The number of hydrogen-bond acceptors (Lipinski definition) is 5. The predicted octanol–water partition coefficient (Wildman–Crippen LogP) is 1.93. The van der Waals surface area contributed by atoms with E-state index in [0.29, 0.717) is 30.5 Å². The molecule has 1 fully saturated rings. The number of carbonyl (C=O) groups is 3. The van der Waals surface area contributed by atoms with Gasteiger partial charge >= 0.3 is 0 Å². The van der Waals surface area contributed by atoms with Gasteiger partial charge in [-0.1, -0.05) is 6.92 Å². The van der Waals surface area contributed by atoms with Crippen molar-refractivity contribution in [1.29, 1.82) is 0 Å². The van der Waals surface area contributed by atoms with Crippen LogP contribution >= 0.6 is 0 Å². The van der Waals surface area contributed by atoms with Crippen molar-refractivity contribution in [2.24, 2.45) is 0 Å². The van der Waals surface area contributed by atoms with E-state index in [1.807, 2.05) is 13.8 Å². The standard InChI is InChI=1S/C20H28N4O5/c1-5-13(3)21-18(25)14(4)22-19(26)17-7-6-10-23(17)20(27)15-8-9-16(24(28)29)12(2)11-15/h8-9,11,13-14,17H,5-7,10H2,1-4H3,(H,21,25)(H,22,26). The van der Waals surface area contributed by atoms with Gasteiger partial charge < -0.3 is 15.5 Å². The lowest BCUT2D eigenvalue weighted by molar-refractivity contribution is -0.385. The summed E-state index contributed by atoms with van der Waals surface area (Å²) >= 11 is 0. The van der Waals surface area contributed by atoms with Crippen LogP contribution in [0.4, 0.5) is 5.69 Å². The van der Waals surface area contributed by atoms with Crippen LogP contribution in [0.2, 0.25) is 0 Å². The van der Waals surface area contributed by atoms with Crippen LogP contribution in [0, 0.1) is 17.0 Å². The second-order valence-corrected chi connectivity index (χ2v) is 7.46. The van der Waals surface area contributed by atoms with Gasteiger partial charge in [0.25, 0.3) is 11.6 Å². The molecule has 3 unspecified atom stereocenters. The fourth-order valence-corrected chi connectivity index (χ4v) is 3.29. The van der Waals surface area contributed by atoms with Crippen LogP contribution < -0.4 is 10.6 Å². The highest BCUT2D eigenvalue weighted by atomic mass is 16.6. The third-order valence-corrected chi connectivity index (χ3v) is 5.21. The molecule has 1 aliphatic rings. The number of aryl methyl sites for hydroxylation is 1. The van der Waals surface area contributed by atoms with Gasteiger partial charge in [0, 0.05) is 29.8 Å². The molecule has 3 amide bonds. The van der Waals surface area contributed by atoms with E-state index in [2.05, 4.69) is 10.6 Å². The number of amides is 3. The van der Waals surface area contributed by atoms with Crippen molar-refractivity contribution in [2.75, 3.05) is 6.54 Å². The summed E-state index contributed by atoms with van der Waals surface area (Å²) in [6.07, 6.45) is 1.96. The molecule has 0 spiro atoms. The number of nitro benzene ring substituents is 1. The maximum Gasteiger partial charge on any atom is 0.272 e. The van der Waals surface area contributed by atoms with Crippen molar-refractivity contribution in [3.8, 4) is 0 Å². The summed E-state index contributed by atoms with van der Waals surface area (Å²) in [6, 6.07) is 2.80. The number of nitrogens with zero attached hydrogens (tertiary/aromatic N) is 2. The van der Waals surface area contributed by atoms with Crippen molar-refractivity contribution in [3.05, 3.63) is 39.4 Å². The zero-order chi connectivity index (χ0) is 21.7. The summed E-state index contributed by atoms with van der Waals surface area (Å²) < 4.78 is 0. The van der Waals surface area contributed by atoms with E-state index in [1.54, 1.807) is 13.8 Å². The normalized spacial score (nSPS) is 18.1. The molecule has 0 aliphatic carbocycles. The molecule has 2 rings (SSSR count). The molecule has 0 saturated carbocycles. The van der Waals surface area contributed by atoms with Crippen LogP contribution in [0.15, 0.2) is 18.2 Å². The third kappa shape index (κ3) is 5.30. The quantitative estimate of drug-likeness (QED) is 0.531. The highest BCUT2D eigenvalue weighted by Gasteiger charge is 2.36. The van der Waals surface area contributed by atoms with Crippen LogP contribution in [0.1, 0.15) is 56.0 Å². The first kappa shape index (κ1) is 22.3. The molecule has 9 nitrogen and oxygen atoms in total. The molecule has 1 saturated heterocycles. The molecule has 0 aromatic heterocycles. The number of carbonyl (C=O) groups excluding carboxylic acids is 3. The van der Waals surface area contributed by atoms with Crippen LogP contribution in [-0.4, -0.2) is 52.2 Å². The van der Waals surface area contributed by atoms with Gasteiger partial charge in [0.1, 0.15) is 12.1 Å². The molecule has 9 heteroatoms. The average molecular weight is 404 g/mol. The molecule has 1 aromatic carbocycles. The fraction of sp³-hybridized carbons (Fsp3) is 0.550. The van der Waals surface area contributed by atoms with E-state index in [-0.39, 0.29) is 29.5 Å². The number of likely N-dealkylation sites (tertiary alicyclic amines) is 1. The predicted molar refractivity (Wildman–Crippen MR) is 107 cm³/mol. The van der Waals surface area contributed by atoms with Crippen LogP contribution in [0.3, 0.4) is 0 Å². The van der Waals surface area contributed by atoms with Crippen molar-refractivity contribution in [2.45, 2.75) is 65.1 Å². The maximum absolute atomic E-state index is 12.9. The van der Waals surface area contributed by atoms with Crippen molar-refractivity contribution < 1.29 is 19.3 Å². The molecular weight excluding hydrogens is 376 g/mol. The second kappa shape index (κ2) is 9.49. The molecule has 29 heavy (non-hydrogen) atoms. The zero-order valence-electron chi connectivity index (χ0n) is 17.2. The molecular formula is C20H28N4O5. The van der Waals surface area contributed by atoms with Crippen LogP contribution in [-0.2, 0) is 9.59 Å².